The molecular weight excluding hydrogens is 190 g/mol. The van der Waals surface area contributed by atoms with Crippen LogP contribution >= 0.6 is 0 Å². The third kappa shape index (κ3) is 2.58. The first-order chi connectivity index (χ1) is 7.29. The number of piperazine rings is 1. The fraction of sp³-hybridized carbons (Fsp3) is 0.727. The molecule has 1 aromatic rings. The van der Waals surface area contributed by atoms with Crippen molar-refractivity contribution in [2.75, 3.05) is 13.1 Å². The molecule has 1 saturated heterocycles. The lowest BCUT2D eigenvalue weighted by atomic mass is 10.1. The summed E-state index contributed by atoms with van der Waals surface area (Å²) in [7, 11) is 0. The van der Waals surface area contributed by atoms with Crippen LogP contribution in [0.1, 0.15) is 26.0 Å². The van der Waals surface area contributed by atoms with Crippen LogP contribution in [0, 0.1) is 0 Å². The van der Waals surface area contributed by atoms with E-state index in [1.165, 1.54) is 6.42 Å². The van der Waals surface area contributed by atoms with Crippen molar-refractivity contribution >= 4 is 0 Å². The summed E-state index contributed by atoms with van der Waals surface area (Å²) in [4.78, 5) is 2.46. The Morgan fingerprint density at radius 1 is 1.67 bits per heavy atom. The molecular formula is C11H19N3O. The van der Waals surface area contributed by atoms with E-state index in [1.807, 2.05) is 6.07 Å². The number of nitrogens with zero attached hydrogens (tertiary/aromatic N) is 2. The van der Waals surface area contributed by atoms with Gasteiger partial charge in [-0.2, -0.15) is 0 Å². The van der Waals surface area contributed by atoms with Gasteiger partial charge >= 0.3 is 0 Å². The standard InChI is InChI=1S/C11H19N3O/c1-3-10-7-14(9(2)6-12-10)8-11-4-5-15-13-11/h4-5,9-10,12H,3,6-8H2,1-2H3. The van der Waals surface area contributed by atoms with Crippen LogP contribution in [0.2, 0.25) is 0 Å². The van der Waals surface area contributed by atoms with Crippen molar-refractivity contribution in [1.29, 1.82) is 0 Å². The van der Waals surface area contributed by atoms with E-state index in [0.29, 0.717) is 12.1 Å². The van der Waals surface area contributed by atoms with Crippen LogP contribution in [0.4, 0.5) is 0 Å². The molecule has 84 valence electrons. The zero-order valence-electron chi connectivity index (χ0n) is 9.44. The van der Waals surface area contributed by atoms with Crippen molar-refractivity contribution < 1.29 is 4.52 Å². The summed E-state index contributed by atoms with van der Waals surface area (Å²) in [6, 6.07) is 3.13. The maximum absolute atomic E-state index is 4.85. The largest absolute Gasteiger partial charge is 0.364 e. The van der Waals surface area contributed by atoms with E-state index >= 15 is 0 Å². The topological polar surface area (TPSA) is 41.3 Å². The van der Waals surface area contributed by atoms with Gasteiger partial charge in [0.1, 0.15) is 6.26 Å². The van der Waals surface area contributed by atoms with Gasteiger partial charge in [0.15, 0.2) is 0 Å². The molecule has 1 N–H and O–H groups in total. The highest BCUT2D eigenvalue weighted by atomic mass is 16.5. The summed E-state index contributed by atoms with van der Waals surface area (Å²) in [6.45, 7) is 7.54. The second-order valence-electron chi connectivity index (χ2n) is 4.28. The Balaban J connectivity index is 1.94. The summed E-state index contributed by atoms with van der Waals surface area (Å²) >= 11 is 0. The lowest BCUT2D eigenvalue weighted by Crippen LogP contribution is -2.54. The van der Waals surface area contributed by atoms with Crippen molar-refractivity contribution in [3.05, 3.63) is 18.0 Å². The highest BCUT2D eigenvalue weighted by Gasteiger charge is 2.24. The first-order valence-corrected chi connectivity index (χ1v) is 5.66. The normalized spacial score (nSPS) is 28.1. The van der Waals surface area contributed by atoms with E-state index in [9.17, 15) is 0 Å². The second kappa shape index (κ2) is 4.77. The van der Waals surface area contributed by atoms with Gasteiger partial charge in [0.05, 0.1) is 5.69 Å². The number of aromatic nitrogens is 1. The van der Waals surface area contributed by atoms with Crippen LogP contribution in [-0.2, 0) is 6.54 Å². The molecule has 4 heteroatoms. The molecule has 0 aliphatic carbocycles. The minimum Gasteiger partial charge on any atom is -0.364 e. The number of nitrogens with one attached hydrogen (secondary N) is 1. The lowest BCUT2D eigenvalue weighted by molar-refractivity contribution is 0.128. The van der Waals surface area contributed by atoms with Gasteiger partial charge in [-0.05, 0) is 13.3 Å². The van der Waals surface area contributed by atoms with E-state index in [2.05, 4.69) is 29.2 Å². The summed E-state index contributed by atoms with van der Waals surface area (Å²) in [6.07, 6.45) is 2.82. The maximum atomic E-state index is 4.85. The Kier molecular flexibility index (Phi) is 3.38. The Morgan fingerprint density at radius 3 is 3.20 bits per heavy atom. The fourth-order valence-electron chi connectivity index (χ4n) is 2.01. The molecule has 2 rings (SSSR count). The molecule has 0 aromatic carbocycles. The average molecular weight is 209 g/mol. The van der Waals surface area contributed by atoms with Crippen LogP contribution in [-0.4, -0.2) is 35.2 Å². The molecule has 15 heavy (non-hydrogen) atoms. The van der Waals surface area contributed by atoms with E-state index < -0.39 is 0 Å². The number of hydrogen-bond donors (Lipinski definition) is 1. The molecule has 2 atom stereocenters. The zero-order chi connectivity index (χ0) is 10.7. The maximum Gasteiger partial charge on any atom is 0.124 e. The predicted molar refractivity (Wildman–Crippen MR) is 58.5 cm³/mol. The highest BCUT2D eigenvalue weighted by molar-refractivity contribution is 4.97. The fourth-order valence-corrected chi connectivity index (χ4v) is 2.01. The molecule has 2 unspecified atom stereocenters. The molecule has 1 fully saturated rings. The van der Waals surface area contributed by atoms with E-state index in [1.54, 1.807) is 6.26 Å². The van der Waals surface area contributed by atoms with Crippen LogP contribution in [0.25, 0.3) is 0 Å². The monoisotopic (exact) mass is 209 g/mol. The summed E-state index contributed by atoms with van der Waals surface area (Å²) in [5, 5.41) is 7.50. The number of rotatable bonds is 3. The molecule has 0 radical (unpaired) electrons. The van der Waals surface area contributed by atoms with Crippen LogP contribution in [0.3, 0.4) is 0 Å². The molecule has 1 aromatic heterocycles. The highest BCUT2D eigenvalue weighted by Crippen LogP contribution is 2.12. The summed E-state index contributed by atoms with van der Waals surface area (Å²) in [5.74, 6) is 0. The quantitative estimate of drug-likeness (QED) is 0.813. The molecule has 0 saturated carbocycles. The minimum absolute atomic E-state index is 0.574. The SMILES string of the molecule is CCC1CN(Cc2ccon2)C(C)CN1. The lowest BCUT2D eigenvalue weighted by Gasteiger charge is -2.38. The molecule has 0 bridgehead atoms. The van der Waals surface area contributed by atoms with Gasteiger partial charge in [0, 0.05) is 37.8 Å². The van der Waals surface area contributed by atoms with Gasteiger partial charge in [-0.15, -0.1) is 0 Å². The first kappa shape index (κ1) is 10.6. The molecule has 0 amide bonds. The number of hydrogen-bond acceptors (Lipinski definition) is 4. The Bertz CT molecular complexity index is 286. The van der Waals surface area contributed by atoms with Crippen LogP contribution in [0.15, 0.2) is 16.9 Å². The predicted octanol–water partition coefficient (Wildman–Crippen LogP) is 1.25. The molecule has 2 heterocycles. The summed E-state index contributed by atoms with van der Waals surface area (Å²) < 4.78 is 4.85. The first-order valence-electron chi connectivity index (χ1n) is 5.66. The van der Waals surface area contributed by atoms with Gasteiger partial charge in [-0.25, -0.2) is 0 Å². The van der Waals surface area contributed by atoms with Crippen molar-refractivity contribution in [2.24, 2.45) is 0 Å². The summed E-state index contributed by atoms with van der Waals surface area (Å²) in [5.41, 5.74) is 1.03. The van der Waals surface area contributed by atoms with E-state index in [-0.39, 0.29) is 0 Å². The Labute approximate surface area is 90.6 Å². The average Bonchev–Trinajstić information content (AvgIpc) is 2.74. The Hall–Kier alpha value is -0.870. The van der Waals surface area contributed by atoms with E-state index in [4.69, 9.17) is 4.52 Å². The molecule has 4 nitrogen and oxygen atoms in total. The van der Waals surface area contributed by atoms with Crippen molar-refractivity contribution in [3.63, 3.8) is 0 Å². The Morgan fingerprint density at radius 2 is 2.53 bits per heavy atom. The molecule has 1 aliphatic heterocycles. The smallest absolute Gasteiger partial charge is 0.124 e. The second-order valence-corrected chi connectivity index (χ2v) is 4.28. The minimum atomic E-state index is 0.574. The molecule has 1 aliphatic rings. The third-order valence-electron chi connectivity index (χ3n) is 3.13. The third-order valence-corrected chi connectivity index (χ3v) is 3.13. The van der Waals surface area contributed by atoms with Gasteiger partial charge in [0.2, 0.25) is 0 Å². The zero-order valence-corrected chi connectivity index (χ0v) is 9.44. The van der Waals surface area contributed by atoms with Crippen molar-refractivity contribution in [3.8, 4) is 0 Å². The van der Waals surface area contributed by atoms with Crippen molar-refractivity contribution in [1.82, 2.24) is 15.4 Å². The van der Waals surface area contributed by atoms with E-state index in [0.717, 1.165) is 25.3 Å². The van der Waals surface area contributed by atoms with Gasteiger partial charge in [0.25, 0.3) is 0 Å². The van der Waals surface area contributed by atoms with Crippen molar-refractivity contribution in [2.45, 2.75) is 38.9 Å². The van der Waals surface area contributed by atoms with Crippen LogP contribution in [0.5, 0.6) is 0 Å². The van der Waals surface area contributed by atoms with Crippen LogP contribution < -0.4 is 5.32 Å². The van der Waals surface area contributed by atoms with Gasteiger partial charge in [-0.1, -0.05) is 12.1 Å². The van der Waals surface area contributed by atoms with Gasteiger partial charge < -0.3 is 9.84 Å². The van der Waals surface area contributed by atoms with Gasteiger partial charge in [-0.3, -0.25) is 4.90 Å². The molecule has 0 spiro atoms.